The van der Waals surface area contributed by atoms with Gasteiger partial charge >= 0.3 is 0 Å². The van der Waals surface area contributed by atoms with Gasteiger partial charge in [-0.2, -0.15) is 0 Å². The van der Waals surface area contributed by atoms with Gasteiger partial charge in [0.15, 0.2) is 0 Å². The topological polar surface area (TPSA) is 82.2 Å². The molecule has 1 atom stereocenters. The smallest absolute Gasteiger partial charge is 0.252 e. The summed E-state index contributed by atoms with van der Waals surface area (Å²) in [5, 5.41) is 2.94. The van der Waals surface area contributed by atoms with E-state index in [1.807, 2.05) is 32.6 Å². The SMILES string of the molecule is CC1=C(C(=O)N(C(C)C)C(C)C)CC(CC(=O)NCCN2CCOCC2)C(=O)N1Cc1ccc(F)cc1. The summed E-state index contributed by atoms with van der Waals surface area (Å²) >= 11 is 0. The van der Waals surface area contributed by atoms with E-state index in [1.54, 1.807) is 24.0 Å². The minimum atomic E-state index is -0.646. The number of carbonyl (C=O) groups excluding carboxylic acids is 3. The maximum absolute atomic E-state index is 13.7. The molecule has 3 rings (SSSR count). The molecule has 8 nitrogen and oxygen atoms in total. The Morgan fingerprint density at radius 3 is 2.32 bits per heavy atom. The number of hydrogen-bond donors (Lipinski definition) is 1. The first-order valence-electron chi connectivity index (χ1n) is 13.2. The summed E-state index contributed by atoms with van der Waals surface area (Å²) in [5.41, 5.74) is 1.89. The fourth-order valence-electron chi connectivity index (χ4n) is 5.10. The Morgan fingerprint density at radius 1 is 1.11 bits per heavy atom. The van der Waals surface area contributed by atoms with Crippen LogP contribution in [0.15, 0.2) is 35.5 Å². The summed E-state index contributed by atoms with van der Waals surface area (Å²) in [4.78, 5) is 45.7. The van der Waals surface area contributed by atoms with Gasteiger partial charge in [-0.25, -0.2) is 4.39 Å². The standard InChI is InChI=1S/C28H41FN4O4/c1-19(2)33(20(3)4)28(36)25-16-23(17-26(34)30-10-11-31-12-14-37-15-13-31)27(35)32(21(25)5)18-22-6-8-24(29)9-7-22/h6-9,19-20,23H,10-18H2,1-5H3,(H,30,34). The summed E-state index contributed by atoms with van der Waals surface area (Å²) in [6, 6.07) is 5.94. The molecule has 0 saturated carbocycles. The largest absolute Gasteiger partial charge is 0.379 e. The molecular weight excluding hydrogens is 475 g/mol. The van der Waals surface area contributed by atoms with E-state index in [0.717, 1.165) is 25.2 Å². The zero-order valence-corrected chi connectivity index (χ0v) is 22.8. The molecule has 37 heavy (non-hydrogen) atoms. The average Bonchev–Trinajstić information content (AvgIpc) is 2.84. The lowest BCUT2D eigenvalue weighted by atomic mass is 9.87. The molecule has 2 aliphatic rings. The second-order valence-corrected chi connectivity index (χ2v) is 10.4. The highest BCUT2D eigenvalue weighted by molar-refractivity contribution is 5.98. The van der Waals surface area contributed by atoms with E-state index < -0.39 is 5.92 Å². The lowest BCUT2D eigenvalue weighted by Crippen LogP contribution is -2.48. The van der Waals surface area contributed by atoms with Gasteiger partial charge in [0.2, 0.25) is 11.8 Å². The highest BCUT2D eigenvalue weighted by atomic mass is 19.1. The number of hydrogen-bond acceptors (Lipinski definition) is 5. The molecule has 2 aliphatic heterocycles. The molecule has 2 heterocycles. The van der Waals surface area contributed by atoms with Crippen LogP contribution in [0, 0.1) is 11.7 Å². The van der Waals surface area contributed by atoms with Gasteiger partial charge < -0.3 is 19.9 Å². The van der Waals surface area contributed by atoms with Gasteiger partial charge in [0.05, 0.1) is 25.7 Å². The van der Waals surface area contributed by atoms with Crippen molar-refractivity contribution >= 4 is 17.7 Å². The van der Waals surface area contributed by atoms with Crippen molar-refractivity contribution in [1.29, 1.82) is 0 Å². The first kappa shape index (κ1) is 28.8. The molecule has 0 aromatic heterocycles. The zero-order chi connectivity index (χ0) is 27.1. The van der Waals surface area contributed by atoms with Gasteiger partial charge in [-0.15, -0.1) is 0 Å². The molecule has 0 bridgehead atoms. The van der Waals surface area contributed by atoms with Gasteiger partial charge in [-0.1, -0.05) is 12.1 Å². The van der Waals surface area contributed by atoms with Crippen molar-refractivity contribution in [3.63, 3.8) is 0 Å². The van der Waals surface area contributed by atoms with Gasteiger partial charge in [-0.05, 0) is 58.7 Å². The number of allylic oxidation sites excluding steroid dienone is 1. The lowest BCUT2D eigenvalue weighted by Gasteiger charge is -2.38. The fraction of sp³-hybridized carbons (Fsp3) is 0.607. The number of benzene rings is 1. The molecule has 1 unspecified atom stereocenters. The number of carbonyl (C=O) groups is 3. The third-order valence-corrected chi connectivity index (χ3v) is 7.05. The van der Waals surface area contributed by atoms with Crippen molar-refractivity contribution in [2.45, 2.75) is 66.1 Å². The van der Waals surface area contributed by atoms with Gasteiger partial charge in [0, 0.05) is 56.0 Å². The Balaban J connectivity index is 1.78. The number of nitrogens with one attached hydrogen (secondary N) is 1. The van der Waals surface area contributed by atoms with Crippen molar-refractivity contribution in [1.82, 2.24) is 20.0 Å². The van der Waals surface area contributed by atoms with Crippen molar-refractivity contribution in [3.05, 3.63) is 46.9 Å². The van der Waals surface area contributed by atoms with Crippen LogP contribution in [0.4, 0.5) is 4.39 Å². The van der Waals surface area contributed by atoms with Crippen LogP contribution in [0.1, 0.15) is 53.0 Å². The summed E-state index contributed by atoms with van der Waals surface area (Å²) < 4.78 is 18.8. The van der Waals surface area contributed by atoms with Gasteiger partial charge in [-0.3, -0.25) is 19.3 Å². The maximum Gasteiger partial charge on any atom is 0.252 e. The second-order valence-electron chi connectivity index (χ2n) is 10.4. The van der Waals surface area contributed by atoms with E-state index in [1.165, 1.54) is 12.1 Å². The van der Waals surface area contributed by atoms with Crippen LogP contribution in [-0.2, 0) is 25.7 Å². The molecule has 3 amide bonds. The molecule has 9 heteroatoms. The molecule has 1 fully saturated rings. The van der Waals surface area contributed by atoms with E-state index in [0.29, 0.717) is 31.0 Å². The third kappa shape index (κ3) is 7.61. The Hall–Kier alpha value is -2.78. The predicted molar refractivity (Wildman–Crippen MR) is 140 cm³/mol. The summed E-state index contributed by atoms with van der Waals surface area (Å²) in [6.07, 6.45) is 0.228. The van der Waals surface area contributed by atoms with Crippen LogP contribution in [0.25, 0.3) is 0 Å². The van der Waals surface area contributed by atoms with Crippen molar-refractivity contribution in [3.8, 4) is 0 Å². The molecule has 0 spiro atoms. The van der Waals surface area contributed by atoms with Crippen LogP contribution < -0.4 is 5.32 Å². The number of morpholine rings is 1. The summed E-state index contributed by atoms with van der Waals surface area (Å²) in [6.45, 7) is 14.2. The number of rotatable bonds is 10. The first-order chi connectivity index (χ1) is 17.6. The molecule has 1 aromatic rings. The molecule has 1 saturated heterocycles. The van der Waals surface area contributed by atoms with E-state index in [4.69, 9.17) is 4.74 Å². The van der Waals surface area contributed by atoms with E-state index in [9.17, 15) is 18.8 Å². The first-order valence-corrected chi connectivity index (χ1v) is 13.2. The number of nitrogens with zero attached hydrogens (tertiary/aromatic N) is 3. The van der Waals surface area contributed by atoms with Crippen LogP contribution >= 0.6 is 0 Å². The Bertz CT molecular complexity index is 978. The lowest BCUT2D eigenvalue weighted by molar-refractivity contribution is -0.139. The zero-order valence-electron chi connectivity index (χ0n) is 22.8. The second kappa shape index (κ2) is 13.1. The highest BCUT2D eigenvalue weighted by Crippen LogP contribution is 2.32. The van der Waals surface area contributed by atoms with Crippen molar-refractivity contribution < 1.29 is 23.5 Å². The van der Waals surface area contributed by atoms with Crippen LogP contribution in [0.2, 0.25) is 0 Å². The Kier molecular flexibility index (Phi) is 10.2. The van der Waals surface area contributed by atoms with Crippen molar-refractivity contribution in [2.24, 2.45) is 5.92 Å². The number of halogens is 1. The summed E-state index contributed by atoms with van der Waals surface area (Å²) in [7, 11) is 0. The Morgan fingerprint density at radius 2 is 1.73 bits per heavy atom. The van der Waals surface area contributed by atoms with Gasteiger partial charge in [0.25, 0.3) is 5.91 Å². The van der Waals surface area contributed by atoms with Crippen molar-refractivity contribution in [2.75, 3.05) is 39.4 Å². The molecule has 0 aliphatic carbocycles. The molecule has 204 valence electrons. The van der Waals surface area contributed by atoms with E-state index in [-0.39, 0.29) is 55.0 Å². The minimum absolute atomic E-state index is 0.00921. The van der Waals surface area contributed by atoms with Crippen LogP contribution in [0.3, 0.4) is 0 Å². The minimum Gasteiger partial charge on any atom is -0.379 e. The Labute approximate surface area is 219 Å². The quantitative estimate of drug-likeness (QED) is 0.517. The van der Waals surface area contributed by atoms with Gasteiger partial charge in [0.1, 0.15) is 5.82 Å². The highest BCUT2D eigenvalue weighted by Gasteiger charge is 2.38. The van der Waals surface area contributed by atoms with Crippen LogP contribution in [-0.4, -0.2) is 83.9 Å². The third-order valence-electron chi connectivity index (χ3n) is 7.05. The number of ether oxygens (including phenoxy) is 1. The predicted octanol–water partition coefficient (Wildman–Crippen LogP) is 2.93. The molecule has 1 aromatic carbocycles. The molecule has 0 radical (unpaired) electrons. The fourth-order valence-corrected chi connectivity index (χ4v) is 5.10. The molecule has 1 N–H and O–H groups in total. The monoisotopic (exact) mass is 516 g/mol. The summed E-state index contributed by atoms with van der Waals surface area (Å²) in [5.74, 6) is -1.51. The van der Waals surface area contributed by atoms with E-state index >= 15 is 0 Å². The maximum atomic E-state index is 13.7. The van der Waals surface area contributed by atoms with E-state index in [2.05, 4.69) is 10.2 Å². The normalized spacial score (nSPS) is 19.1. The van der Waals surface area contributed by atoms with Crippen LogP contribution in [0.5, 0.6) is 0 Å². The number of amides is 3. The molecular formula is C28H41FN4O4. The average molecular weight is 517 g/mol.